The highest BCUT2D eigenvalue weighted by atomic mass is 35.5. The van der Waals surface area contributed by atoms with Crippen molar-refractivity contribution >= 4 is 34.9 Å². The van der Waals surface area contributed by atoms with Crippen LogP contribution in [0.15, 0.2) is 42.5 Å². The first-order chi connectivity index (χ1) is 10.5. The topological polar surface area (TPSA) is 41.1 Å². The molecule has 0 aliphatic heterocycles. The summed E-state index contributed by atoms with van der Waals surface area (Å²) in [6.07, 6.45) is 1.87. The maximum atomic E-state index is 12.2. The summed E-state index contributed by atoms with van der Waals surface area (Å²) >= 11 is 12.0. The van der Waals surface area contributed by atoms with E-state index >= 15 is 0 Å². The molecule has 0 atom stereocenters. The first-order valence-corrected chi connectivity index (χ1v) is 7.86. The zero-order valence-corrected chi connectivity index (χ0v) is 13.6. The molecule has 1 aliphatic carbocycles. The van der Waals surface area contributed by atoms with Gasteiger partial charge in [0.05, 0.1) is 21.3 Å². The summed E-state index contributed by atoms with van der Waals surface area (Å²) in [7, 11) is 0. The van der Waals surface area contributed by atoms with E-state index in [-0.39, 0.29) is 11.6 Å². The number of benzene rings is 2. The van der Waals surface area contributed by atoms with E-state index in [9.17, 15) is 4.79 Å². The highest BCUT2D eigenvalue weighted by Crippen LogP contribution is 2.45. The number of aryl methyl sites for hydroxylation is 1. The molecule has 5 heteroatoms. The standard InChI is InChI=1S/C17H16Cl2N2O/c1-11-5-7-12(8-6-11)17(9-10-17)21-16(22)20-14-4-2-3-13(18)15(14)19/h2-8H,9-10H2,1H3,(H2,20,21,22). The summed E-state index contributed by atoms with van der Waals surface area (Å²) in [6, 6.07) is 13.1. The van der Waals surface area contributed by atoms with Crippen LogP contribution in [0, 0.1) is 6.92 Å². The monoisotopic (exact) mass is 334 g/mol. The number of nitrogens with one attached hydrogen (secondary N) is 2. The first kappa shape index (κ1) is 15.2. The van der Waals surface area contributed by atoms with Gasteiger partial charge in [0, 0.05) is 0 Å². The average molecular weight is 335 g/mol. The summed E-state index contributed by atoms with van der Waals surface area (Å²) in [6.45, 7) is 2.05. The zero-order chi connectivity index (χ0) is 15.7. The van der Waals surface area contributed by atoms with Crippen molar-refractivity contribution in [1.82, 2.24) is 5.32 Å². The smallest absolute Gasteiger partial charge is 0.319 e. The highest BCUT2D eigenvalue weighted by Gasteiger charge is 2.45. The zero-order valence-electron chi connectivity index (χ0n) is 12.1. The molecule has 2 N–H and O–H groups in total. The predicted molar refractivity (Wildman–Crippen MR) is 90.7 cm³/mol. The van der Waals surface area contributed by atoms with Crippen molar-refractivity contribution in [3.63, 3.8) is 0 Å². The lowest BCUT2D eigenvalue weighted by atomic mass is 10.0. The Labute approximate surface area is 139 Å². The Hall–Kier alpha value is -1.71. The summed E-state index contributed by atoms with van der Waals surface area (Å²) in [5, 5.41) is 6.57. The van der Waals surface area contributed by atoms with Crippen LogP contribution in [0.2, 0.25) is 10.0 Å². The Morgan fingerprint density at radius 1 is 1.09 bits per heavy atom. The molecule has 3 rings (SSSR count). The minimum Gasteiger partial charge on any atom is -0.328 e. The molecule has 0 radical (unpaired) electrons. The Morgan fingerprint density at radius 3 is 2.41 bits per heavy atom. The molecule has 0 bridgehead atoms. The van der Waals surface area contributed by atoms with E-state index < -0.39 is 0 Å². The van der Waals surface area contributed by atoms with Crippen LogP contribution in [0.5, 0.6) is 0 Å². The maximum absolute atomic E-state index is 12.2. The van der Waals surface area contributed by atoms with Crippen molar-refractivity contribution in [2.45, 2.75) is 25.3 Å². The van der Waals surface area contributed by atoms with Crippen molar-refractivity contribution in [3.05, 3.63) is 63.6 Å². The Morgan fingerprint density at radius 2 is 1.77 bits per heavy atom. The largest absolute Gasteiger partial charge is 0.328 e. The molecular weight excluding hydrogens is 319 g/mol. The third kappa shape index (κ3) is 3.06. The van der Waals surface area contributed by atoms with E-state index in [4.69, 9.17) is 23.2 Å². The van der Waals surface area contributed by atoms with Gasteiger partial charge in [-0.05, 0) is 37.5 Å². The van der Waals surface area contributed by atoms with E-state index in [0.717, 1.165) is 18.4 Å². The molecule has 0 saturated heterocycles. The summed E-state index contributed by atoms with van der Waals surface area (Å²) in [5.41, 5.74) is 2.58. The van der Waals surface area contributed by atoms with Gasteiger partial charge in [0.25, 0.3) is 0 Å². The molecule has 114 valence electrons. The number of carbonyl (C=O) groups excluding carboxylic acids is 1. The van der Waals surface area contributed by atoms with Crippen LogP contribution in [-0.4, -0.2) is 6.03 Å². The van der Waals surface area contributed by atoms with Crippen molar-refractivity contribution in [3.8, 4) is 0 Å². The van der Waals surface area contributed by atoms with Crippen LogP contribution in [-0.2, 0) is 5.54 Å². The summed E-state index contributed by atoms with van der Waals surface area (Å²) < 4.78 is 0. The number of hydrogen-bond donors (Lipinski definition) is 2. The molecule has 2 amide bonds. The van der Waals surface area contributed by atoms with E-state index in [1.807, 2.05) is 6.92 Å². The van der Waals surface area contributed by atoms with Crippen LogP contribution in [0.1, 0.15) is 24.0 Å². The molecule has 0 unspecified atom stereocenters. The highest BCUT2D eigenvalue weighted by molar-refractivity contribution is 6.43. The fourth-order valence-corrected chi connectivity index (χ4v) is 2.80. The van der Waals surface area contributed by atoms with Gasteiger partial charge >= 0.3 is 6.03 Å². The molecule has 1 fully saturated rings. The minimum atomic E-state index is -0.276. The van der Waals surface area contributed by atoms with Crippen molar-refractivity contribution in [2.24, 2.45) is 0 Å². The van der Waals surface area contributed by atoms with E-state index in [0.29, 0.717) is 15.7 Å². The summed E-state index contributed by atoms with van der Waals surface area (Å²) in [5.74, 6) is 0. The van der Waals surface area contributed by atoms with Crippen LogP contribution in [0.3, 0.4) is 0 Å². The maximum Gasteiger partial charge on any atom is 0.319 e. The number of rotatable bonds is 3. The fraction of sp³-hybridized carbons (Fsp3) is 0.235. The molecule has 0 heterocycles. The molecule has 2 aromatic rings. The number of carbonyl (C=O) groups is 1. The first-order valence-electron chi connectivity index (χ1n) is 7.10. The van der Waals surface area contributed by atoms with Crippen molar-refractivity contribution in [1.29, 1.82) is 0 Å². The molecule has 3 nitrogen and oxygen atoms in total. The van der Waals surface area contributed by atoms with Gasteiger partial charge in [0.2, 0.25) is 0 Å². The molecular formula is C17H16Cl2N2O. The van der Waals surface area contributed by atoms with Crippen LogP contribution in [0.25, 0.3) is 0 Å². The quantitative estimate of drug-likeness (QED) is 0.804. The lowest BCUT2D eigenvalue weighted by Gasteiger charge is -2.19. The number of amides is 2. The van der Waals surface area contributed by atoms with E-state index in [2.05, 4.69) is 34.9 Å². The molecule has 0 aromatic heterocycles. The van der Waals surface area contributed by atoms with Crippen molar-refractivity contribution < 1.29 is 4.79 Å². The Kier molecular flexibility index (Phi) is 4.02. The molecule has 2 aromatic carbocycles. The number of hydrogen-bond acceptors (Lipinski definition) is 1. The third-order valence-electron chi connectivity index (χ3n) is 3.91. The molecule has 1 saturated carbocycles. The molecule has 0 spiro atoms. The second-order valence-electron chi connectivity index (χ2n) is 5.63. The predicted octanol–water partition coefficient (Wildman–Crippen LogP) is 5.11. The Balaban J connectivity index is 1.72. The third-order valence-corrected chi connectivity index (χ3v) is 4.73. The van der Waals surface area contributed by atoms with Gasteiger partial charge in [-0.25, -0.2) is 4.79 Å². The van der Waals surface area contributed by atoms with Gasteiger partial charge < -0.3 is 10.6 Å². The fourth-order valence-electron chi connectivity index (χ4n) is 2.45. The van der Waals surface area contributed by atoms with E-state index in [1.54, 1.807) is 18.2 Å². The van der Waals surface area contributed by atoms with Crippen LogP contribution in [0.4, 0.5) is 10.5 Å². The number of anilines is 1. The molecule has 1 aliphatic rings. The minimum absolute atomic E-state index is 0.261. The lowest BCUT2D eigenvalue weighted by Crippen LogP contribution is -2.38. The SMILES string of the molecule is Cc1ccc(C2(NC(=O)Nc3cccc(Cl)c3Cl)CC2)cc1. The van der Waals surface area contributed by atoms with E-state index in [1.165, 1.54) is 5.56 Å². The second-order valence-corrected chi connectivity index (χ2v) is 6.41. The van der Waals surface area contributed by atoms with Gasteiger partial charge in [-0.2, -0.15) is 0 Å². The Bertz CT molecular complexity index is 709. The van der Waals surface area contributed by atoms with Gasteiger partial charge in [0.1, 0.15) is 0 Å². The normalized spacial score (nSPS) is 15.2. The molecule has 22 heavy (non-hydrogen) atoms. The van der Waals surface area contributed by atoms with Gasteiger partial charge in [0.15, 0.2) is 0 Å². The van der Waals surface area contributed by atoms with Crippen molar-refractivity contribution in [2.75, 3.05) is 5.32 Å². The second kappa shape index (κ2) is 5.82. The number of urea groups is 1. The summed E-state index contributed by atoms with van der Waals surface area (Å²) in [4.78, 5) is 12.2. The van der Waals surface area contributed by atoms with Gasteiger partial charge in [-0.15, -0.1) is 0 Å². The van der Waals surface area contributed by atoms with Gasteiger partial charge in [-0.1, -0.05) is 59.1 Å². The lowest BCUT2D eigenvalue weighted by molar-refractivity contribution is 0.247. The average Bonchev–Trinajstić information content (AvgIpc) is 3.25. The van der Waals surface area contributed by atoms with Crippen LogP contribution >= 0.6 is 23.2 Å². The van der Waals surface area contributed by atoms with Gasteiger partial charge in [-0.3, -0.25) is 0 Å². The number of halogens is 2. The van der Waals surface area contributed by atoms with Crippen LogP contribution < -0.4 is 10.6 Å².